The van der Waals surface area contributed by atoms with Crippen molar-refractivity contribution in [3.05, 3.63) is 0 Å². The Hall–Kier alpha value is -0.120. The minimum absolute atomic E-state index is 0.0114. The predicted molar refractivity (Wildman–Crippen MR) is 54.2 cm³/mol. The SMILES string of the molecule is CN1NC(C)(C)OC(C)(C)C1(C)C. The van der Waals surface area contributed by atoms with Crippen LogP contribution in [-0.4, -0.2) is 28.9 Å². The minimum atomic E-state index is -0.284. The first-order valence-electron chi connectivity index (χ1n) is 4.80. The maximum atomic E-state index is 5.99. The molecule has 3 nitrogen and oxygen atoms in total. The summed E-state index contributed by atoms with van der Waals surface area (Å²) in [4.78, 5) is 0. The molecule has 1 rings (SSSR count). The van der Waals surface area contributed by atoms with Crippen molar-refractivity contribution in [2.45, 2.75) is 58.4 Å². The average molecular weight is 186 g/mol. The van der Waals surface area contributed by atoms with E-state index in [1.807, 2.05) is 13.8 Å². The van der Waals surface area contributed by atoms with Crippen molar-refractivity contribution in [2.75, 3.05) is 7.05 Å². The summed E-state index contributed by atoms with van der Waals surface area (Å²) < 4.78 is 5.99. The minimum Gasteiger partial charge on any atom is -0.352 e. The van der Waals surface area contributed by atoms with E-state index in [0.717, 1.165) is 0 Å². The Kier molecular flexibility index (Phi) is 2.26. The van der Waals surface area contributed by atoms with Gasteiger partial charge in [0.1, 0.15) is 5.72 Å². The highest BCUT2D eigenvalue weighted by atomic mass is 16.5. The summed E-state index contributed by atoms with van der Waals surface area (Å²) in [7, 11) is 2.06. The summed E-state index contributed by atoms with van der Waals surface area (Å²) in [5, 5.41) is 2.14. The van der Waals surface area contributed by atoms with Crippen LogP contribution in [0.1, 0.15) is 41.5 Å². The molecular weight excluding hydrogens is 164 g/mol. The topological polar surface area (TPSA) is 24.5 Å². The Balaban J connectivity index is 2.96. The number of likely N-dealkylation sites (N-methyl/N-ethyl adjacent to an activating group) is 1. The Morgan fingerprint density at radius 2 is 1.46 bits per heavy atom. The lowest BCUT2D eigenvalue weighted by molar-refractivity contribution is -0.270. The molecule has 0 spiro atoms. The standard InChI is InChI=1S/C10H22N2O/c1-8(2)9(3,4)13-10(5,6)11-12(8)7/h11H,1-7H3. The maximum absolute atomic E-state index is 5.99. The normalized spacial score (nSPS) is 31.6. The van der Waals surface area contributed by atoms with Crippen LogP contribution >= 0.6 is 0 Å². The fraction of sp³-hybridized carbons (Fsp3) is 1.00. The second-order valence-electron chi connectivity index (χ2n) is 5.35. The molecule has 1 heterocycles. The predicted octanol–water partition coefficient (Wildman–Crippen LogP) is 1.75. The van der Waals surface area contributed by atoms with Gasteiger partial charge in [0.25, 0.3) is 0 Å². The van der Waals surface area contributed by atoms with Crippen molar-refractivity contribution in [1.29, 1.82) is 0 Å². The molecule has 1 aliphatic heterocycles. The van der Waals surface area contributed by atoms with Gasteiger partial charge in [0, 0.05) is 7.05 Å². The van der Waals surface area contributed by atoms with Crippen LogP contribution in [0.15, 0.2) is 0 Å². The van der Waals surface area contributed by atoms with Crippen LogP contribution in [0.2, 0.25) is 0 Å². The van der Waals surface area contributed by atoms with Crippen molar-refractivity contribution in [1.82, 2.24) is 10.4 Å². The van der Waals surface area contributed by atoms with Gasteiger partial charge in [0.2, 0.25) is 0 Å². The molecule has 0 bridgehead atoms. The number of ether oxygens (including phenoxy) is 1. The number of rotatable bonds is 0. The van der Waals surface area contributed by atoms with Gasteiger partial charge in [-0.15, -0.1) is 0 Å². The van der Waals surface area contributed by atoms with Crippen LogP contribution in [0.3, 0.4) is 0 Å². The lowest BCUT2D eigenvalue weighted by Gasteiger charge is -2.57. The first kappa shape index (κ1) is 11.0. The number of hydrogen-bond acceptors (Lipinski definition) is 3. The molecule has 0 saturated carbocycles. The third kappa shape index (κ3) is 1.73. The molecule has 1 N–H and O–H groups in total. The second kappa shape index (κ2) is 2.69. The number of nitrogens with zero attached hydrogens (tertiary/aromatic N) is 1. The second-order valence-corrected chi connectivity index (χ2v) is 5.35. The molecule has 78 valence electrons. The lowest BCUT2D eigenvalue weighted by Crippen LogP contribution is -2.73. The van der Waals surface area contributed by atoms with Crippen molar-refractivity contribution >= 4 is 0 Å². The van der Waals surface area contributed by atoms with E-state index in [9.17, 15) is 0 Å². The van der Waals surface area contributed by atoms with E-state index in [1.54, 1.807) is 0 Å². The lowest BCUT2D eigenvalue weighted by atomic mass is 9.84. The smallest absolute Gasteiger partial charge is 0.126 e. The van der Waals surface area contributed by atoms with Crippen LogP contribution in [0.5, 0.6) is 0 Å². The Labute approximate surface area is 81.4 Å². The largest absolute Gasteiger partial charge is 0.352 e. The highest BCUT2D eigenvalue weighted by molar-refractivity contribution is 4.99. The summed E-state index contributed by atoms with van der Waals surface area (Å²) in [6.07, 6.45) is 0. The third-order valence-electron chi connectivity index (χ3n) is 3.26. The van der Waals surface area contributed by atoms with E-state index in [2.05, 4.69) is 45.2 Å². The van der Waals surface area contributed by atoms with Crippen molar-refractivity contribution in [3.8, 4) is 0 Å². The zero-order valence-electron chi connectivity index (χ0n) is 9.86. The highest BCUT2D eigenvalue weighted by Crippen LogP contribution is 2.36. The summed E-state index contributed by atoms with van der Waals surface area (Å²) in [5.41, 5.74) is 2.86. The molecule has 0 radical (unpaired) electrons. The number of hydrogen-bond donors (Lipinski definition) is 1. The summed E-state index contributed by atoms with van der Waals surface area (Å²) >= 11 is 0. The summed E-state index contributed by atoms with van der Waals surface area (Å²) in [5.74, 6) is 0. The highest BCUT2D eigenvalue weighted by Gasteiger charge is 2.49. The Morgan fingerprint density at radius 1 is 1.00 bits per heavy atom. The average Bonchev–Trinajstić information content (AvgIpc) is 1.80. The zero-order chi connectivity index (χ0) is 10.5. The molecule has 1 aliphatic rings. The maximum Gasteiger partial charge on any atom is 0.126 e. The van der Waals surface area contributed by atoms with Crippen molar-refractivity contribution in [2.24, 2.45) is 0 Å². The van der Waals surface area contributed by atoms with Crippen LogP contribution in [0.4, 0.5) is 0 Å². The van der Waals surface area contributed by atoms with Crippen LogP contribution in [-0.2, 0) is 4.74 Å². The summed E-state index contributed by atoms with van der Waals surface area (Å²) in [6.45, 7) is 12.7. The molecule has 0 aromatic rings. The number of nitrogens with one attached hydrogen (secondary N) is 1. The van der Waals surface area contributed by atoms with E-state index in [-0.39, 0.29) is 16.9 Å². The molecule has 1 fully saturated rings. The quantitative estimate of drug-likeness (QED) is 0.623. The Morgan fingerprint density at radius 3 is 1.85 bits per heavy atom. The van der Waals surface area contributed by atoms with Gasteiger partial charge in [0.05, 0.1) is 11.1 Å². The molecule has 0 unspecified atom stereocenters. The van der Waals surface area contributed by atoms with Gasteiger partial charge >= 0.3 is 0 Å². The molecule has 0 amide bonds. The van der Waals surface area contributed by atoms with Crippen molar-refractivity contribution in [3.63, 3.8) is 0 Å². The van der Waals surface area contributed by atoms with Gasteiger partial charge in [-0.1, -0.05) is 0 Å². The molecule has 0 aromatic heterocycles. The summed E-state index contributed by atoms with van der Waals surface area (Å²) in [6, 6.07) is 0. The fourth-order valence-corrected chi connectivity index (χ4v) is 1.73. The van der Waals surface area contributed by atoms with Crippen LogP contribution in [0, 0.1) is 0 Å². The molecule has 0 aromatic carbocycles. The molecule has 3 heteroatoms. The van der Waals surface area contributed by atoms with Gasteiger partial charge in [-0.25, -0.2) is 10.4 Å². The van der Waals surface area contributed by atoms with E-state index >= 15 is 0 Å². The fourth-order valence-electron chi connectivity index (χ4n) is 1.73. The van der Waals surface area contributed by atoms with Gasteiger partial charge in [0.15, 0.2) is 0 Å². The molecule has 1 saturated heterocycles. The molecule has 13 heavy (non-hydrogen) atoms. The van der Waals surface area contributed by atoms with Gasteiger partial charge < -0.3 is 4.74 Å². The van der Waals surface area contributed by atoms with Gasteiger partial charge in [-0.05, 0) is 41.5 Å². The Bertz CT molecular complexity index is 209. The number of hydrazine groups is 1. The van der Waals surface area contributed by atoms with E-state index in [0.29, 0.717) is 0 Å². The van der Waals surface area contributed by atoms with Crippen LogP contribution < -0.4 is 5.43 Å². The first-order chi connectivity index (χ1) is 5.58. The molecular formula is C10H22N2O. The molecule has 0 aliphatic carbocycles. The van der Waals surface area contributed by atoms with E-state index in [1.165, 1.54) is 0 Å². The van der Waals surface area contributed by atoms with E-state index in [4.69, 9.17) is 4.74 Å². The first-order valence-corrected chi connectivity index (χ1v) is 4.80. The van der Waals surface area contributed by atoms with Crippen molar-refractivity contribution < 1.29 is 4.74 Å². The monoisotopic (exact) mass is 186 g/mol. The van der Waals surface area contributed by atoms with Crippen LogP contribution in [0.25, 0.3) is 0 Å². The zero-order valence-corrected chi connectivity index (χ0v) is 9.86. The van der Waals surface area contributed by atoms with Gasteiger partial charge in [-0.3, -0.25) is 0 Å². The van der Waals surface area contributed by atoms with Gasteiger partial charge in [-0.2, -0.15) is 0 Å². The third-order valence-corrected chi connectivity index (χ3v) is 3.26. The molecule has 0 atom stereocenters. The van der Waals surface area contributed by atoms with E-state index < -0.39 is 0 Å².